The van der Waals surface area contributed by atoms with E-state index in [0.29, 0.717) is 11.3 Å². The quantitative estimate of drug-likeness (QED) is 0.123. The Kier molecular flexibility index (Phi) is 8.59. The molecule has 0 aliphatic carbocycles. The maximum Gasteiger partial charge on any atom is 0.274 e. The number of aliphatic hydroxyl groups is 1. The van der Waals surface area contributed by atoms with Crippen LogP contribution in [-0.2, 0) is 16.0 Å². The first-order chi connectivity index (χ1) is 22.2. The minimum absolute atomic E-state index is 0.123. The number of nitrogens with one attached hydrogen (secondary N) is 1. The zero-order valence-corrected chi connectivity index (χ0v) is 26.6. The first kappa shape index (κ1) is 31.0. The Morgan fingerprint density at radius 2 is 1.24 bits per heavy atom. The Morgan fingerprint density at radius 3 is 1.76 bits per heavy atom. The van der Waals surface area contributed by atoms with Crippen LogP contribution in [0.25, 0.3) is 10.8 Å². The zero-order valence-electron chi connectivity index (χ0n) is 26.6. The molecular weight excluding hydrogens is 570 g/mol. The van der Waals surface area contributed by atoms with Gasteiger partial charge in [0.25, 0.3) is 5.91 Å². The van der Waals surface area contributed by atoms with Crippen LogP contribution in [0.5, 0.6) is 0 Å². The van der Waals surface area contributed by atoms with Gasteiger partial charge in [0.1, 0.15) is 11.1 Å². The SMILES string of the molecule is CC(C)ONC(=O)c1ccc2cc(C(O)(c3cn(C(c4ccccc4)(c4ccccc4)c4ccccc4)cn3)C(C)C)ccc2c1. The summed E-state index contributed by atoms with van der Waals surface area (Å²) < 4.78 is 2.13. The normalized spacial score (nSPS) is 13.2. The van der Waals surface area contributed by atoms with Crippen LogP contribution in [0, 0.1) is 5.92 Å². The summed E-state index contributed by atoms with van der Waals surface area (Å²) in [7, 11) is 0. The highest BCUT2D eigenvalue weighted by atomic mass is 16.7. The lowest BCUT2D eigenvalue weighted by atomic mass is 9.76. The molecule has 0 spiro atoms. The Bertz CT molecular complexity index is 1840. The highest BCUT2D eigenvalue weighted by Crippen LogP contribution is 2.43. The highest BCUT2D eigenvalue weighted by Gasteiger charge is 2.42. The second-order valence-corrected chi connectivity index (χ2v) is 12.3. The summed E-state index contributed by atoms with van der Waals surface area (Å²) in [5, 5.41) is 14.4. The number of imidazole rings is 1. The number of nitrogens with zero attached hydrogens (tertiary/aromatic N) is 2. The van der Waals surface area contributed by atoms with Crippen molar-refractivity contribution in [3.63, 3.8) is 0 Å². The summed E-state index contributed by atoms with van der Waals surface area (Å²) in [6.07, 6.45) is 3.70. The Labute approximate surface area is 270 Å². The number of aromatic nitrogens is 2. The number of amides is 1. The molecular formula is C40H39N3O3. The van der Waals surface area contributed by atoms with Crippen LogP contribution >= 0.6 is 0 Å². The molecule has 1 heterocycles. The lowest BCUT2D eigenvalue weighted by Gasteiger charge is -2.37. The fourth-order valence-corrected chi connectivity index (χ4v) is 6.32. The first-order valence-electron chi connectivity index (χ1n) is 15.7. The van der Waals surface area contributed by atoms with Crippen LogP contribution in [0.4, 0.5) is 0 Å². The van der Waals surface area contributed by atoms with E-state index in [1.165, 1.54) is 0 Å². The molecule has 1 amide bonds. The van der Waals surface area contributed by atoms with Crippen molar-refractivity contribution >= 4 is 16.7 Å². The van der Waals surface area contributed by atoms with Crippen LogP contribution in [-0.4, -0.2) is 26.7 Å². The van der Waals surface area contributed by atoms with Crippen LogP contribution in [0.2, 0.25) is 0 Å². The average Bonchev–Trinajstić information content (AvgIpc) is 3.59. The molecule has 0 fully saturated rings. The molecule has 1 atom stereocenters. The molecule has 2 N–H and O–H groups in total. The molecule has 0 aliphatic heterocycles. The Balaban J connectivity index is 1.48. The van der Waals surface area contributed by atoms with Crippen LogP contribution in [0.1, 0.15) is 66.0 Å². The standard InChI is InChI=1S/C40H39N3O3/c1-28(2)40(45,36-23-22-30-24-32(21-20-31(30)25-36)38(44)42-46-29(3)4)37-26-43(27-41-37)39(33-14-8-5-9-15-33,34-16-10-6-11-17-34)35-18-12-7-13-19-35/h5-29,45H,1-4H3,(H,42,44). The molecule has 5 aromatic carbocycles. The summed E-state index contributed by atoms with van der Waals surface area (Å²) in [5.41, 5.74) is 5.37. The van der Waals surface area contributed by atoms with Crippen molar-refractivity contribution in [1.82, 2.24) is 15.0 Å². The summed E-state index contributed by atoms with van der Waals surface area (Å²) in [5.74, 6) is -0.506. The topological polar surface area (TPSA) is 76.4 Å². The smallest absolute Gasteiger partial charge is 0.274 e. The molecule has 232 valence electrons. The number of hydroxylamine groups is 1. The number of fused-ring (bicyclic) bond motifs is 1. The number of hydrogen-bond donors (Lipinski definition) is 2. The van der Waals surface area contributed by atoms with Gasteiger partial charge in [-0.3, -0.25) is 9.63 Å². The van der Waals surface area contributed by atoms with Crippen molar-refractivity contribution in [2.45, 2.75) is 44.9 Å². The van der Waals surface area contributed by atoms with Crippen LogP contribution in [0.3, 0.4) is 0 Å². The minimum Gasteiger partial charge on any atom is -0.378 e. The van der Waals surface area contributed by atoms with E-state index in [2.05, 4.69) is 82.8 Å². The van der Waals surface area contributed by atoms with E-state index in [1.807, 2.05) is 88.8 Å². The largest absolute Gasteiger partial charge is 0.378 e. The third-order valence-electron chi connectivity index (χ3n) is 8.70. The van der Waals surface area contributed by atoms with Crippen molar-refractivity contribution in [3.8, 4) is 0 Å². The molecule has 46 heavy (non-hydrogen) atoms. The van der Waals surface area contributed by atoms with Gasteiger partial charge in [0.05, 0.1) is 18.1 Å². The van der Waals surface area contributed by atoms with Gasteiger partial charge in [-0.05, 0) is 71.0 Å². The summed E-state index contributed by atoms with van der Waals surface area (Å²) in [4.78, 5) is 22.8. The van der Waals surface area contributed by atoms with Gasteiger partial charge in [-0.15, -0.1) is 0 Å². The summed E-state index contributed by atoms with van der Waals surface area (Å²) >= 11 is 0. The van der Waals surface area contributed by atoms with Crippen molar-refractivity contribution in [2.24, 2.45) is 5.92 Å². The van der Waals surface area contributed by atoms with E-state index in [4.69, 9.17) is 9.82 Å². The van der Waals surface area contributed by atoms with Gasteiger partial charge in [0.15, 0.2) is 0 Å². The fraction of sp³-hybridized carbons (Fsp3) is 0.200. The van der Waals surface area contributed by atoms with Crippen molar-refractivity contribution in [1.29, 1.82) is 0 Å². The molecule has 0 aliphatic rings. The maximum atomic E-state index is 12.6. The van der Waals surface area contributed by atoms with E-state index in [9.17, 15) is 9.90 Å². The highest BCUT2D eigenvalue weighted by molar-refractivity contribution is 5.98. The molecule has 0 bridgehead atoms. The predicted molar refractivity (Wildman–Crippen MR) is 182 cm³/mol. The monoisotopic (exact) mass is 609 g/mol. The maximum absolute atomic E-state index is 12.6. The van der Waals surface area contributed by atoms with Gasteiger partial charge in [-0.1, -0.05) is 123 Å². The van der Waals surface area contributed by atoms with Gasteiger partial charge in [-0.2, -0.15) is 0 Å². The van der Waals surface area contributed by atoms with Crippen molar-refractivity contribution in [2.75, 3.05) is 0 Å². The van der Waals surface area contributed by atoms with Crippen molar-refractivity contribution in [3.05, 3.63) is 173 Å². The van der Waals surface area contributed by atoms with Gasteiger partial charge in [0.2, 0.25) is 0 Å². The van der Waals surface area contributed by atoms with Gasteiger partial charge < -0.3 is 9.67 Å². The second kappa shape index (κ2) is 12.8. The number of carbonyl (C=O) groups is 1. The molecule has 1 aromatic heterocycles. The third-order valence-corrected chi connectivity index (χ3v) is 8.70. The molecule has 0 saturated carbocycles. The zero-order chi connectivity index (χ0) is 32.3. The molecule has 6 nitrogen and oxygen atoms in total. The fourth-order valence-electron chi connectivity index (χ4n) is 6.32. The number of rotatable bonds is 10. The Morgan fingerprint density at radius 1 is 0.717 bits per heavy atom. The van der Waals surface area contributed by atoms with E-state index < -0.39 is 11.1 Å². The molecule has 6 aromatic rings. The minimum atomic E-state index is -1.39. The summed E-state index contributed by atoms with van der Waals surface area (Å²) in [6, 6.07) is 42.6. The third kappa shape index (κ3) is 5.51. The van der Waals surface area contributed by atoms with Gasteiger partial charge in [-0.25, -0.2) is 10.5 Å². The molecule has 1 unspecified atom stereocenters. The predicted octanol–water partition coefficient (Wildman–Crippen LogP) is 7.84. The van der Waals surface area contributed by atoms with Crippen LogP contribution < -0.4 is 5.48 Å². The van der Waals surface area contributed by atoms with E-state index in [1.54, 1.807) is 6.07 Å². The lowest BCUT2D eigenvalue weighted by Crippen LogP contribution is -2.37. The molecule has 0 saturated heterocycles. The average molecular weight is 610 g/mol. The number of hydrogen-bond acceptors (Lipinski definition) is 4. The van der Waals surface area contributed by atoms with Crippen molar-refractivity contribution < 1.29 is 14.7 Å². The molecule has 6 rings (SSSR count). The van der Waals surface area contributed by atoms with Gasteiger partial charge >= 0.3 is 0 Å². The van der Waals surface area contributed by atoms with E-state index >= 15 is 0 Å². The number of benzene rings is 5. The first-order valence-corrected chi connectivity index (χ1v) is 15.7. The molecule has 6 heteroatoms. The summed E-state index contributed by atoms with van der Waals surface area (Å²) in [6.45, 7) is 7.71. The van der Waals surface area contributed by atoms with Gasteiger partial charge in [0, 0.05) is 11.8 Å². The lowest BCUT2D eigenvalue weighted by molar-refractivity contribution is 0.000199. The molecule has 0 radical (unpaired) electrons. The Hall–Kier alpha value is -5.04. The van der Waals surface area contributed by atoms with Crippen LogP contribution in [0.15, 0.2) is 140 Å². The second-order valence-electron chi connectivity index (χ2n) is 12.3. The van der Waals surface area contributed by atoms with E-state index in [0.717, 1.165) is 33.0 Å². The number of carbonyl (C=O) groups excluding carboxylic acids is 1. The van der Waals surface area contributed by atoms with E-state index in [-0.39, 0.29) is 17.9 Å².